The van der Waals surface area contributed by atoms with Crippen molar-refractivity contribution in [3.8, 4) is 5.75 Å². The number of para-hydroxylation sites is 2. The number of ether oxygens (including phenoxy) is 1. The van der Waals surface area contributed by atoms with Crippen molar-refractivity contribution in [3.05, 3.63) is 24.3 Å². The van der Waals surface area contributed by atoms with Gasteiger partial charge in [0.05, 0.1) is 12.3 Å². The van der Waals surface area contributed by atoms with E-state index in [1.165, 1.54) is 0 Å². The summed E-state index contributed by atoms with van der Waals surface area (Å²) in [6, 6.07) is 6.94. The number of likely N-dealkylation sites (N-methyl/N-ethyl adjacent to an activating group) is 1. The first-order chi connectivity index (χ1) is 8.11. The Bertz CT molecular complexity index is 379. The number of nitrogens with zero attached hydrogens (tertiary/aromatic N) is 1. The van der Waals surface area contributed by atoms with Crippen LogP contribution in [-0.2, 0) is 4.79 Å². The molecule has 1 aromatic carbocycles. The molecule has 0 spiro atoms. The third kappa shape index (κ3) is 3.12. The van der Waals surface area contributed by atoms with E-state index < -0.39 is 12.0 Å². The summed E-state index contributed by atoms with van der Waals surface area (Å²) >= 11 is 0. The van der Waals surface area contributed by atoms with Crippen LogP contribution >= 0.6 is 0 Å². The number of carbonyl (C=O) groups is 1. The zero-order chi connectivity index (χ0) is 12.8. The molecular formula is C13H19NO3. The molecule has 0 aromatic heterocycles. The fraction of sp³-hybridized carbons (Fsp3) is 0.462. The zero-order valence-corrected chi connectivity index (χ0v) is 10.5. The number of hydrogen-bond acceptors (Lipinski definition) is 3. The highest BCUT2D eigenvalue weighted by molar-refractivity contribution is 5.78. The molecule has 1 aromatic rings. The van der Waals surface area contributed by atoms with Crippen LogP contribution in [0, 0.1) is 0 Å². The molecule has 0 fully saturated rings. The van der Waals surface area contributed by atoms with Gasteiger partial charge in [0, 0.05) is 6.54 Å². The van der Waals surface area contributed by atoms with Gasteiger partial charge in [-0.25, -0.2) is 4.79 Å². The van der Waals surface area contributed by atoms with E-state index in [1.807, 2.05) is 43.0 Å². The van der Waals surface area contributed by atoms with Gasteiger partial charge in [-0.3, -0.25) is 0 Å². The third-order valence-corrected chi connectivity index (χ3v) is 2.64. The fourth-order valence-electron chi connectivity index (χ4n) is 1.76. The molecule has 0 amide bonds. The van der Waals surface area contributed by atoms with Crippen molar-refractivity contribution in [1.82, 2.24) is 0 Å². The van der Waals surface area contributed by atoms with Crippen molar-refractivity contribution in [2.75, 3.05) is 18.1 Å². The average molecular weight is 237 g/mol. The molecule has 1 atom stereocenters. The predicted octanol–water partition coefficient (Wildman–Crippen LogP) is 2.38. The number of benzene rings is 1. The van der Waals surface area contributed by atoms with E-state index in [0.717, 1.165) is 11.4 Å². The molecule has 4 nitrogen and oxygen atoms in total. The summed E-state index contributed by atoms with van der Waals surface area (Å²) in [5.74, 6) is -0.108. The van der Waals surface area contributed by atoms with Gasteiger partial charge in [-0.15, -0.1) is 0 Å². The highest BCUT2D eigenvalue weighted by Gasteiger charge is 2.21. The molecule has 0 bridgehead atoms. The molecule has 0 aliphatic heterocycles. The van der Waals surface area contributed by atoms with Crippen molar-refractivity contribution in [1.29, 1.82) is 0 Å². The summed E-state index contributed by atoms with van der Waals surface area (Å²) in [4.78, 5) is 12.9. The number of carboxylic acid groups (broad SMARTS) is 1. The van der Waals surface area contributed by atoms with Gasteiger partial charge >= 0.3 is 5.97 Å². The highest BCUT2D eigenvalue weighted by atomic mass is 16.5. The van der Waals surface area contributed by atoms with Crippen molar-refractivity contribution >= 4 is 11.7 Å². The Morgan fingerprint density at radius 3 is 2.59 bits per heavy atom. The van der Waals surface area contributed by atoms with Gasteiger partial charge in [0.1, 0.15) is 11.8 Å². The minimum atomic E-state index is -0.835. The Morgan fingerprint density at radius 2 is 2.06 bits per heavy atom. The van der Waals surface area contributed by atoms with Gasteiger partial charge in [-0.1, -0.05) is 12.1 Å². The summed E-state index contributed by atoms with van der Waals surface area (Å²) in [6.07, 6.45) is 0. The van der Waals surface area contributed by atoms with Gasteiger partial charge < -0.3 is 14.7 Å². The van der Waals surface area contributed by atoms with E-state index in [0.29, 0.717) is 13.2 Å². The van der Waals surface area contributed by atoms with Crippen LogP contribution in [0.3, 0.4) is 0 Å². The normalized spacial score (nSPS) is 11.9. The molecule has 0 saturated heterocycles. The van der Waals surface area contributed by atoms with Crippen LogP contribution in [0.5, 0.6) is 5.75 Å². The number of rotatable bonds is 6. The van der Waals surface area contributed by atoms with Gasteiger partial charge in [-0.2, -0.15) is 0 Å². The van der Waals surface area contributed by atoms with Crippen LogP contribution in [-0.4, -0.2) is 30.3 Å². The highest BCUT2D eigenvalue weighted by Crippen LogP contribution is 2.29. The maximum absolute atomic E-state index is 11.1. The van der Waals surface area contributed by atoms with Crippen LogP contribution in [0.1, 0.15) is 20.8 Å². The molecule has 0 aliphatic rings. The molecule has 4 heteroatoms. The van der Waals surface area contributed by atoms with Crippen molar-refractivity contribution in [3.63, 3.8) is 0 Å². The van der Waals surface area contributed by atoms with Crippen molar-refractivity contribution in [2.45, 2.75) is 26.8 Å². The number of hydrogen-bond donors (Lipinski definition) is 1. The molecule has 0 unspecified atom stereocenters. The summed E-state index contributed by atoms with van der Waals surface area (Å²) in [7, 11) is 0. The summed E-state index contributed by atoms with van der Waals surface area (Å²) in [5, 5.41) is 9.08. The lowest BCUT2D eigenvalue weighted by atomic mass is 10.2. The van der Waals surface area contributed by atoms with Crippen LogP contribution in [0.25, 0.3) is 0 Å². The maximum atomic E-state index is 11.1. The smallest absolute Gasteiger partial charge is 0.326 e. The lowest BCUT2D eigenvalue weighted by Crippen LogP contribution is -2.39. The standard InChI is InChI=1S/C13H19NO3/c1-4-14(10(3)13(15)16)11-8-6-7-9-12(11)17-5-2/h6-10H,4-5H2,1-3H3,(H,15,16)/t10-/m1/s1. The van der Waals surface area contributed by atoms with E-state index in [9.17, 15) is 4.79 Å². The Labute approximate surface area is 102 Å². The minimum Gasteiger partial charge on any atom is -0.492 e. The molecule has 0 heterocycles. The zero-order valence-electron chi connectivity index (χ0n) is 10.5. The number of aliphatic carboxylic acids is 1. The molecule has 17 heavy (non-hydrogen) atoms. The molecule has 1 rings (SSSR count). The average Bonchev–Trinajstić information content (AvgIpc) is 2.32. The first-order valence-corrected chi connectivity index (χ1v) is 5.83. The van der Waals surface area contributed by atoms with Gasteiger partial charge in [0.25, 0.3) is 0 Å². The molecule has 0 radical (unpaired) electrons. The Morgan fingerprint density at radius 1 is 1.41 bits per heavy atom. The Hall–Kier alpha value is -1.71. The van der Waals surface area contributed by atoms with Crippen LogP contribution in [0.2, 0.25) is 0 Å². The Kier molecular flexibility index (Phi) is 4.82. The molecule has 94 valence electrons. The second-order valence-corrected chi connectivity index (χ2v) is 3.70. The maximum Gasteiger partial charge on any atom is 0.326 e. The first-order valence-electron chi connectivity index (χ1n) is 5.83. The second-order valence-electron chi connectivity index (χ2n) is 3.70. The quantitative estimate of drug-likeness (QED) is 0.825. The second kappa shape index (κ2) is 6.13. The van der Waals surface area contributed by atoms with Crippen LogP contribution in [0.4, 0.5) is 5.69 Å². The largest absolute Gasteiger partial charge is 0.492 e. The van der Waals surface area contributed by atoms with E-state index in [1.54, 1.807) is 6.92 Å². The first kappa shape index (κ1) is 13.4. The molecule has 0 aliphatic carbocycles. The van der Waals surface area contributed by atoms with Crippen LogP contribution in [0.15, 0.2) is 24.3 Å². The van der Waals surface area contributed by atoms with Gasteiger partial charge in [-0.05, 0) is 32.9 Å². The fourth-order valence-corrected chi connectivity index (χ4v) is 1.76. The monoisotopic (exact) mass is 237 g/mol. The van der Waals surface area contributed by atoms with Gasteiger partial charge in [0.2, 0.25) is 0 Å². The number of anilines is 1. The molecule has 1 N–H and O–H groups in total. The molecule has 0 saturated carbocycles. The topological polar surface area (TPSA) is 49.8 Å². The predicted molar refractivity (Wildman–Crippen MR) is 67.7 cm³/mol. The van der Waals surface area contributed by atoms with Crippen molar-refractivity contribution in [2.24, 2.45) is 0 Å². The molecular weight excluding hydrogens is 218 g/mol. The van der Waals surface area contributed by atoms with Crippen molar-refractivity contribution < 1.29 is 14.6 Å². The Balaban J connectivity index is 3.06. The van der Waals surface area contributed by atoms with Crippen LogP contribution < -0.4 is 9.64 Å². The summed E-state index contributed by atoms with van der Waals surface area (Å²) < 4.78 is 5.52. The van der Waals surface area contributed by atoms with E-state index >= 15 is 0 Å². The SMILES string of the molecule is CCOc1ccccc1N(CC)[C@H](C)C(=O)O. The van der Waals surface area contributed by atoms with Gasteiger partial charge in [0.15, 0.2) is 0 Å². The van der Waals surface area contributed by atoms with E-state index in [2.05, 4.69) is 0 Å². The third-order valence-electron chi connectivity index (χ3n) is 2.64. The number of carboxylic acids is 1. The summed E-state index contributed by atoms with van der Waals surface area (Å²) in [5.41, 5.74) is 0.826. The lowest BCUT2D eigenvalue weighted by molar-refractivity contribution is -0.138. The lowest BCUT2D eigenvalue weighted by Gasteiger charge is -2.28. The summed E-state index contributed by atoms with van der Waals surface area (Å²) in [6.45, 7) is 6.71. The minimum absolute atomic E-state index is 0.565. The van der Waals surface area contributed by atoms with E-state index in [4.69, 9.17) is 9.84 Å². The van der Waals surface area contributed by atoms with E-state index in [-0.39, 0.29) is 0 Å².